The lowest BCUT2D eigenvalue weighted by atomic mass is 9.85. The third-order valence-corrected chi connectivity index (χ3v) is 5.58. The van der Waals surface area contributed by atoms with Gasteiger partial charge in [-0.3, -0.25) is 0 Å². The van der Waals surface area contributed by atoms with Crippen molar-refractivity contribution < 1.29 is 14.3 Å². The number of hydrogen-bond donors (Lipinski definition) is 1. The maximum atomic E-state index is 12.4. The topological polar surface area (TPSA) is 50.8 Å². The highest BCUT2D eigenvalue weighted by Gasteiger charge is 2.40. The molecular formula is C17H30N2O3. The molecule has 0 bridgehead atoms. The molecule has 1 saturated carbocycles. The second-order valence-corrected chi connectivity index (χ2v) is 6.99. The lowest BCUT2D eigenvalue weighted by Gasteiger charge is -2.37. The van der Waals surface area contributed by atoms with Crippen LogP contribution in [0.1, 0.15) is 58.3 Å². The molecule has 2 aliphatic heterocycles. The number of urea groups is 1. The number of likely N-dealkylation sites (tertiary alicyclic amines) is 1. The van der Waals surface area contributed by atoms with Crippen molar-refractivity contribution >= 4 is 6.03 Å². The third kappa shape index (κ3) is 3.57. The standard InChI is InChI=1S/C17H30N2O3/c1-2-15-5-3-4-10-19(15)16(20)18-13-14-6-8-17(9-7-14)21-11-12-22-17/h14-15H,2-13H2,1H3,(H,18,20). The fourth-order valence-corrected chi connectivity index (χ4v) is 4.13. The van der Waals surface area contributed by atoms with Crippen LogP contribution >= 0.6 is 0 Å². The zero-order valence-electron chi connectivity index (χ0n) is 13.8. The van der Waals surface area contributed by atoms with Gasteiger partial charge in [0.05, 0.1) is 13.2 Å². The van der Waals surface area contributed by atoms with Gasteiger partial charge in [-0.15, -0.1) is 0 Å². The van der Waals surface area contributed by atoms with Gasteiger partial charge >= 0.3 is 6.03 Å². The van der Waals surface area contributed by atoms with Gasteiger partial charge in [0.15, 0.2) is 5.79 Å². The molecule has 3 aliphatic rings. The number of nitrogens with one attached hydrogen (secondary N) is 1. The fraction of sp³-hybridized carbons (Fsp3) is 0.941. The molecule has 1 spiro atoms. The van der Waals surface area contributed by atoms with Gasteiger partial charge in [0, 0.05) is 32.0 Å². The molecule has 3 fully saturated rings. The van der Waals surface area contributed by atoms with Crippen LogP contribution in [0.4, 0.5) is 4.79 Å². The summed E-state index contributed by atoms with van der Waals surface area (Å²) in [6.45, 7) is 5.35. The van der Waals surface area contributed by atoms with E-state index in [-0.39, 0.29) is 11.8 Å². The van der Waals surface area contributed by atoms with Crippen LogP contribution in [-0.2, 0) is 9.47 Å². The lowest BCUT2D eigenvalue weighted by Crippen LogP contribution is -2.49. The van der Waals surface area contributed by atoms with Crippen LogP contribution in [0.2, 0.25) is 0 Å². The van der Waals surface area contributed by atoms with Gasteiger partial charge in [0.25, 0.3) is 0 Å². The lowest BCUT2D eigenvalue weighted by molar-refractivity contribution is -0.182. The Labute approximate surface area is 133 Å². The molecule has 1 aliphatic carbocycles. The number of amides is 2. The predicted octanol–water partition coefficient (Wildman–Crippen LogP) is 2.89. The van der Waals surface area contributed by atoms with Crippen molar-refractivity contribution in [3.8, 4) is 0 Å². The highest BCUT2D eigenvalue weighted by Crippen LogP contribution is 2.38. The first-order valence-corrected chi connectivity index (χ1v) is 9.05. The molecule has 1 N–H and O–H groups in total. The number of carbonyl (C=O) groups is 1. The van der Waals surface area contributed by atoms with E-state index < -0.39 is 0 Å². The van der Waals surface area contributed by atoms with Gasteiger partial charge in [-0.25, -0.2) is 4.79 Å². The van der Waals surface area contributed by atoms with Gasteiger partial charge in [-0.2, -0.15) is 0 Å². The monoisotopic (exact) mass is 310 g/mol. The second-order valence-electron chi connectivity index (χ2n) is 6.99. The number of rotatable bonds is 3. The first-order chi connectivity index (χ1) is 10.7. The van der Waals surface area contributed by atoms with Crippen LogP contribution in [0.5, 0.6) is 0 Å². The van der Waals surface area contributed by atoms with Crippen LogP contribution in [-0.4, -0.2) is 49.1 Å². The van der Waals surface area contributed by atoms with E-state index >= 15 is 0 Å². The van der Waals surface area contributed by atoms with Crippen LogP contribution in [0.15, 0.2) is 0 Å². The molecular weight excluding hydrogens is 280 g/mol. The summed E-state index contributed by atoms with van der Waals surface area (Å²) < 4.78 is 11.5. The minimum Gasteiger partial charge on any atom is -0.348 e. The zero-order chi connectivity index (χ0) is 15.4. The van der Waals surface area contributed by atoms with E-state index in [1.807, 2.05) is 0 Å². The summed E-state index contributed by atoms with van der Waals surface area (Å²) in [5, 5.41) is 3.17. The van der Waals surface area contributed by atoms with E-state index in [2.05, 4.69) is 17.1 Å². The number of piperidine rings is 1. The van der Waals surface area contributed by atoms with Crippen molar-refractivity contribution in [2.24, 2.45) is 5.92 Å². The number of ether oxygens (including phenoxy) is 2. The highest BCUT2D eigenvalue weighted by atomic mass is 16.7. The summed E-state index contributed by atoms with van der Waals surface area (Å²) in [5.74, 6) is 0.271. The molecule has 5 nitrogen and oxygen atoms in total. The first-order valence-electron chi connectivity index (χ1n) is 9.05. The van der Waals surface area contributed by atoms with Gasteiger partial charge in [-0.05, 0) is 44.4 Å². The zero-order valence-corrected chi connectivity index (χ0v) is 13.8. The SMILES string of the molecule is CCC1CCCCN1C(=O)NCC1CCC2(CC1)OCCO2. The summed E-state index contributed by atoms with van der Waals surface area (Å²) >= 11 is 0. The van der Waals surface area contributed by atoms with Crippen molar-refractivity contribution in [1.29, 1.82) is 0 Å². The smallest absolute Gasteiger partial charge is 0.317 e. The Morgan fingerprint density at radius 3 is 2.59 bits per heavy atom. The second kappa shape index (κ2) is 7.18. The van der Waals surface area contributed by atoms with Crippen LogP contribution < -0.4 is 5.32 Å². The first kappa shape index (κ1) is 16.1. The third-order valence-electron chi connectivity index (χ3n) is 5.58. The van der Waals surface area contributed by atoms with Crippen LogP contribution in [0.3, 0.4) is 0 Å². The summed E-state index contributed by atoms with van der Waals surface area (Å²) in [6, 6.07) is 0.573. The van der Waals surface area contributed by atoms with Gasteiger partial charge in [0.2, 0.25) is 0 Å². The van der Waals surface area contributed by atoms with E-state index in [1.54, 1.807) is 0 Å². The summed E-state index contributed by atoms with van der Waals surface area (Å²) in [7, 11) is 0. The Morgan fingerprint density at radius 2 is 1.91 bits per heavy atom. The quantitative estimate of drug-likeness (QED) is 0.872. The Bertz CT molecular complexity index is 372. The van der Waals surface area contributed by atoms with Crippen molar-refractivity contribution in [3.05, 3.63) is 0 Å². The van der Waals surface area contributed by atoms with E-state index in [0.717, 1.165) is 71.2 Å². The molecule has 0 aromatic carbocycles. The average Bonchev–Trinajstić information content (AvgIpc) is 3.02. The molecule has 2 heterocycles. The predicted molar refractivity (Wildman–Crippen MR) is 84.6 cm³/mol. The largest absolute Gasteiger partial charge is 0.348 e. The minimum atomic E-state index is -0.291. The Kier molecular flexibility index (Phi) is 5.24. The molecule has 0 aromatic rings. The van der Waals surface area contributed by atoms with Crippen molar-refractivity contribution in [3.63, 3.8) is 0 Å². The van der Waals surface area contributed by atoms with Crippen molar-refractivity contribution in [2.45, 2.75) is 70.1 Å². The van der Waals surface area contributed by atoms with Gasteiger partial charge < -0.3 is 19.7 Å². The number of carbonyl (C=O) groups excluding carboxylic acids is 1. The van der Waals surface area contributed by atoms with E-state index in [0.29, 0.717) is 12.0 Å². The molecule has 3 rings (SSSR count). The molecule has 1 atom stereocenters. The highest BCUT2D eigenvalue weighted by molar-refractivity contribution is 5.74. The minimum absolute atomic E-state index is 0.139. The molecule has 0 aromatic heterocycles. The maximum absolute atomic E-state index is 12.4. The van der Waals surface area contributed by atoms with Crippen LogP contribution in [0.25, 0.3) is 0 Å². The van der Waals surface area contributed by atoms with Gasteiger partial charge in [0.1, 0.15) is 0 Å². The average molecular weight is 310 g/mol. The summed E-state index contributed by atoms with van der Waals surface area (Å²) in [6.07, 6.45) is 8.72. The normalized spacial score (nSPS) is 29.0. The number of nitrogens with zero attached hydrogens (tertiary/aromatic N) is 1. The molecule has 0 radical (unpaired) electrons. The molecule has 5 heteroatoms. The maximum Gasteiger partial charge on any atom is 0.317 e. The fourth-order valence-electron chi connectivity index (χ4n) is 4.13. The van der Waals surface area contributed by atoms with E-state index in [4.69, 9.17) is 9.47 Å². The Balaban J connectivity index is 1.41. The van der Waals surface area contributed by atoms with E-state index in [9.17, 15) is 4.79 Å². The Hall–Kier alpha value is -0.810. The number of hydrogen-bond acceptors (Lipinski definition) is 3. The molecule has 126 valence electrons. The van der Waals surface area contributed by atoms with Crippen LogP contribution in [0, 0.1) is 5.92 Å². The molecule has 22 heavy (non-hydrogen) atoms. The van der Waals surface area contributed by atoms with Crippen molar-refractivity contribution in [1.82, 2.24) is 10.2 Å². The van der Waals surface area contributed by atoms with Gasteiger partial charge in [-0.1, -0.05) is 6.92 Å². The summed E-state index contributed by atoms with van der Waals surface area (Å²) in [4.78, 5) is 14.5. The summed E-state index contributed by atoms with van der Waals surface area (Å²) in [5.41, 5.74) is 0. The van der Waals surface area contributed by atoms with E-state index in [1.165, 1.54) is 6.42 Å². The molecule has 2 amide bonds. The Morgan fingerprint density at radius 1 is 1.18 bits per heavy atom. The van der Waals surface area contributed by atoms with Crippen molar-refractivity contribution in [2.75, 3.05) is 26.3 Å². The molecule has 2 saturated heterocycles. The molecule has 1 unspecified atom stereocenters.